The van der Waals surface area contributed by atoms with E-state index in [9.17, 15) is 13.2 Å². The third-order valence-electron chi connectivity index (χ3n) is 3.39. The van der Waals surface area contributed by atoms with Crippen LogP contribution >= 0.6 is 0 Å². The van der Waals surface area contributed by atoms with Gasteiger partial charge in [0.2, 0.25) is 6.33 Å². The molecule has 0 amide bonds. The first-order chi connectivity index (χ1) is 12.3. The lowest BCUT2D eigenvalue weighted by atomic mass is 10.2. The van der Waals surface area contributed by atoms with Crippen LogP contribution < -0.4 is 9.67 Å². The second kappa shape index (κ2) is 8.84. The third-order valence-corrected chi connectivity index (χ3v) is 3.39. The number of alkyl halides is 3. The Morgan fingerprint density at radius 2 is 1.46 bits per heavy atom. The van der Waals surface area contributed by atoms with Crippen LogP contribution in [0.4, 0.5) is 13.2 Å². The average molecular weight is 362 g/mol. The monoisotopic (exact) mass is 362 g/mol. The molecular formula is C19H17F3N2O2. The highest BCUT2D eigenvalue weighted by molar-refractivity contribution is 5.70. The van der Waals surface area contributed by atoms with E-state index in [-0.39, 0.29) is 0 Å². The van der Waals surface area contributed by atoms with Gasteiger partial charge in [-0.2, -0.15) is 13.2 Å². The predicted molar refractivity (Wildman–Crippen MR) is 86.8 cm³/mol. The molecule has 0 spiro atoms. The van der Waals surface area contributed by atoms with Crippen LogP contribution in [0, 0.1) is 0 Å². The van der Waals surface area contributed by atoms with Crippen LogP contribution in [0.1, 0.15) is 11.1 Å². The van der Waals surface area contributed by atoms with Crippen molar-refractivity contribution < 1.29 is 27.6 Å². The number of aromatic nitrogens is 2. The van der Waals surface area contributed by atoms with Crippen molar-refractivity contribution in [3.63, 3.8) is 0 Å². The predicted octanol–water partition coefficient (Wildman–Crippen LogP) is 2.17. The van der Waals surface area contributed by atoms with Gasteiger partial charge < -0.3 is 9.90 Å². The van der Waals surface area contributed by atoms with E-state index in [4.69, 9.17) is 9.90 Å². The molecule has 26 heavy (non-hydrogen) atoms. The minimum absolute atomic E-state index is 0.919. The van der Waals surface area contributed by atoms with Gasteiger partial charge in [0.1, 0.15) is 31.5 Å². The minimum atomic E-state index is -5.19. The van der Waals surface area contributed by atoms with Crippen LogP contribution in [0.25, 0.3) is 0 Å². The molecule has 7 heteroatoms. The molecular weight excluding hydrogens is 345 g/mol. The molecule has 0 saturated carbocycles. The van der Waals surface area contributed by atoms with Crippen molar-refractivity contribution in [1.29, 1.82) is 0 Å². The van der Waals surface area contributed by atoms with Gasteiger partial charge in [-0.25, -0.2) is 9.13 Å². The molecule has 4 nitrogen and oxygen atoms in total. The van der Waals surface area contributed by atoms with Gasteiger partial charge >= 0.3 is 6.18 Å². The smallest absolute Gasteiger partial charge is 0.430 e. The summed E-state index contributed by atoms with van der Waals surface area (Å²) in [6.45, 7) is 1.84. The fourth-order valence-electron chi connectivity index (χ4n) is 2.21. The second-order valence-corrected chi connectivity index (χ2v) is 5.51. The Kier molecular flexibility index (Phi) is 6.54. The molecule has 1 aromatic heterocycles. The Bertz CT molecular complexity index is 760. The SMILES string of the molecule is O=C([O-])C(F)(F)F.c1ccc(Cn2cc[n+](Cc3ccccc3)c2)cc1. The van der Waals surface area contributed by atoms with E-state index in [1.165, 1.54) is 11.1 Å². The lowest BCUT2D eigenvalue weighted by Gasteiger charge is -2.03. The molecule has 0 aliphatic carbocycles. The van der Waals surface area contributed by atoms with Crippen molar-refractivity contribution in [3.05, 3.63) is 90.5 Å². The highest BCUT2D eigenvalue weighted by Crippen LogP contribution is 2.11. The van der Waals surface area contributed by atoms with Gasteiger partial charge in [-0.1, -0.05) is 60.7 Å². The van der Waals surface area contributed by atoms with E-state index in [2.05, 4.69) is 88.5 Å². The van der Waals surface area contributed by atoms with Gasteiger partial charge in [-0.3, -0.25) is 0 Å². The van der Waals surface area contributed by atoms with E-state index in [0.717, 1.165) is 13.1 Å². The fraction of sp³-hybridized carbons (Fsp3) is 0.158. The van der Waals surface area contributed by atoms with Crippen molar-refractivity contribution in [2.75, 3.05) is 0 Å². The van der Waals surface area contributed by atoms with E-state index < -0.39 is 12.1 Å². The van der Waals surface area contributed by atoms with E-state index in [1.807, 2.05) is 0 Å². The number of halogens is 3. The summed E-state index contributed by atoms with van der Waals surface area (Å²) in [5.41, 5.74) is 2.65. The van der Waals surface area contributed by atoms with E-state index in [0.29, 0.717) is 0 Å². The number of carboxylic acid groups (broad SMARTS) is 1. The zero-order valence-electron chi connectivity index (χ0n) is 13.8. The summed E-state index contributed by atoms with van der Waals surface area (Å²) in [6.07, 6.45) is 1.20. The molecule has 2 aromatic carbocycles. The van der Waals surface area contributed by atoms with E-state index in [1.54, 1.807) is 0 Å². The second-order valence-electron chi connectivity index (χ2n) is 5.51. The highest BCUT2D eigenvalue weighted by atomic mass is 19.4. The Morgan fingerprint density at radius 1 is 0.962 bits per heavy atom. The molecule has 0 unspecified atom stereocenters. The third kappa shape index (κ3) is 6.43. The maximum Gasteiger partial charge on any atom is 0.430 e. The highest BCUT2D eigenvalue weighted by Gasteiger charge is 2.28. The molecule has 1 heterocycles. The molecule has 0 aliphatic heterocycles. The number of nitrogens with zero attached hydrogens (tertiary/aromatic N) is 2. The first kappa shape index (κ1) is 19.2. The van der Waals surface area contributed by atoms with Crippen LogP contribution in [-0.2, 0) is 17.9 Å². The Balaban J connectivity index is 0.000000298. The zero-order chi connectivity index (χ0) is 19.0. The molecule has 0 atom stereocenters. The number of carbonyl (C=O) groups is 1. The van der Waals surface area contributed by atoms with Crippen LogP contribution in [0.3, 0.4) is 0 Å². The molecule has 0 saturated heterocycles. The number of imidazole rings is 1. The zero-order valence-corrected chi connectivity index (χ0v) is 13.8. The van der Waals surface area contributed by atoms with Crippen LogP contribution in [0.2, 0.25) is 0 Å². The van der Waals surface area contributed by atoms with Gasteiger partial charge in [-0.05, 0) is 11.1 Å². The van der Waals surface area contributed by atoms with Crippen LogP contribution in [-0.4, -0.2) is 16.7 Å². The average Bonchev–Trinajstić information content (AvgIpc) is 3.03. The lowest BCUT2D eigenvalue weighted by Crippen LogP contribution is -2.37. The number of rotatable bonds is 4. The molecule has 0 aliphatic rings. The number of carbonyl (C=O) groups excluding carboxylic acids is 1. The van der Waals surface area contributed by atoms with Crippen LogP contribution in [0.15, 0.2) is 79.4 Å². The van der Waals surface area contributed by atoms with Crippen molar-refractivity contribution in [1.82, 2.24) is 4.57 Å². The quantitative estimate of drug-likeness (QED) is 0.668. The van der Waals surface area contributed by atoms with Crippen LogP contribution in [0.5, 0.6) is 0 Å². The minimum Gasteiger partial charge on any atom is -0.542 e. The van der Waals surface area contributed by atoms with Crippen molar-refractivity contribution in [2.45, 2.75) is 19.3 Å². The number of carboxylic acids is 1. The molecule has 0 radical (unpaired) electrons. The summed E-state index contributed by atoms with van der Waals surface area (Å²) in [5.74, 6) is -3.01. The summed E-state index contributed by atoms with van der Waals surface area (Å²) >= 11 is 0. The summed E-state index contributed by atoms with van der Waals surface area (Å²) in [6, 6.07) is 21.0. The number of aliphatic carboxylic acids is 1. The number of hydrogen-bond donors (Lipinski definition) is 0. The topological polar surface area (TPSA) is 48.9 Å². The molecule has 136 valence electrons. The van der Waals surface area contributed by atoms with Crippen molar-refractivity contribution in [3.8, 4) is 0 Å². The Labute approximate surface area is 148 Å². The van der Waals surface area contributed by atoms with E-state index >= 15 is 0 Å². The standard InChI is InChI=1S/C17H17N2.C2HF3O2/c1-3-7-16(8-4-1)13-18-11-12-19(15-18)14-17-9-5-2-6-10-17;3-2(4,5)1(6)7/h1-12,15H,13-14H2;(H,6,7)/q+1;/p-1. The lowest BCUT2D eigenvalue weighted by molar-refractivity contribution is -0.687. The van der Waals surface area contributed by atoms with Gasteiger partial charge in [0.15, 0.2) is 0 Å². The summed E-state index contributed by atoms with van der Waals surface area (Å²) in [4.78, 5) is 8.78. The first-order valence-corrected chi connectivity index (χ1v) is 7.75. The van der Waals surface area contributed by atoms with Crippen molar-refractivity contribution in [2.24, 2.45) is 0 Å². The van der Waals surface area contributed by atoms with Gasteiger partial charge in [-0.15, -0.1) is 0 Å². The molecule has 3 aromatic rings. The maximum atomic E-state index is 10.5. The number of benzene rings is 2. The maximum absolute atomic E-state index is 10.5. The first-order valence-electron chi connectivity index (χ1n) is 7.75. The van der Waals surface area contributed by atoms with Gasteiger partial charge in [0.05, 0.1) is 0 Å². The molecule has 0 N–H and O–H groups in total. The largest absolute Gasteiger partial charge is 0.542 e. The Morgan fingerprint density at radius 3 is 1.96 bits per heavy atom. The van der Waals surface area contributed by atoms with Crippen molar-refractivity contribution >= 4 is 5.97 Å². The normalized spacial score (nSPS) is 10.7. The molecule has 3 rings (SSSR count). The summed E-state index contributed by atoms with van der Waals surface area (Å²) in [7, 11) is 0. The number of hydrogen-bond acceptors (Lipinski definition) is 2. The van der Waals surface area contributed by atoms with Gasteiger partial charge in [0, 0.05) is 0 Å². The Hall–Kier alpha value is -3.09. The fourth-order valence-corrected chi connectivity index (χ4v) is 2.21. The summed E-state index contributed by atoms with van der Waals surface area (Å²) in [5, 5.41) is 8.78. The summed E-state index contributed by atoms with van der Waals surface area (Å²) < 4.78 is 36.0. The molecule has 0 fully saturated rings. The van der Waals surface area contributed by atoms with Gasteiger partial charge in [0.25, 0.3) is 0 Å². The molecule has 0 bridgehead atoms.